The lowest BCUT2D eigenvalue weighted by molar-refractivity contribution is 0.281. The van der Waals surface area contributed by atoms with Crippen molar-refractivity contribution >= 4 is 21.6 Å². The second kappa shape index (κ2) is 6.10. The van der Waals surface area contributed by atoms with E-state index < -0.39 is 16.1 Å². The fraction of sp³-hybridized carbons (Fsp3) is 0.333. The number of rotatable bonds is 5. The number of hydrogen-bond acceptors (Lipinski definition) is 5. The molecule has 2 aromatic rings. The molecule has 1 aromatic carbocycles. The highest BCUT2D eigenvalue weighted by molar-refractivity contribution is 7.89. The summed E-state index contributed by atoms with van der Waals surface area (Å²) in [6.07, 6.45) is 1.49. The van der Waals surface area contributed by atoms with Crippen molar-refractivity contribution in [3.8, 4) is 0 Å². The minimum atomic E-state index is -3.84. The number of aliphatic hydroxyl groups excluding tert-OH is 1. The lowest BCUT2D eigenvalue weighted by Crippen LogP contribution is -2.29. The Labute approximate surface area is 127 Å². The van der Waals surface area contributed by atoms with Crippen molar-refractivity contribution in [1.29, 1.82) is 0 Å². The highest BCUT2D eigenvalue weighted by atomic mass is 35.5. The molecule has 1 aromatic heterocycles. The van der Waals surface area contributed by atoms with Crippen LogP contribution in [-0.2, 0) is 23.7 Å². The van der Waals surface area contributed by atoms with Crippen LogP contribution in [0.2, 0.25) is 5.02 Å². The van der Waals surface area contributed by atoms with E-state index in [1.54, 1.807) is 24.6 Å². The molecule has 7 nitrogen and oxygen atoms in total. The summed E-state index contributed by atoms with van der Waals surface area (Å²) in [7, 11) is -2.12. The average Bonchev–Trinajstić information content (AvgIpc) is 2.85. The molecule has 9 heteroatoms. The van der Waals surface area contributed by atoms with Gasteiger partial charge in [-0.25, -0.2) is 13.1 Å². The Morgan fingerprint density at radius 2 is 2.19 bits per heavy atom. The Hall–Kier alpha value is -1.48. The number of hydrogen-bond donors (Lipinski definition) is 2. The van der Waals surface area contributed by atoms with Crippen LogP contribution in [0, 0.1) is 0 Å². The zero-order valence-electron chi connectivity index (χ0n) is 11.5. The van der Waals surface area contributed by atoms with Crippen LogP contribution in [0.25, 0.3) is 0 Å². The highest BCUT2D eigenvalue weighted by Crippen LogP contribution is 2.24. The summed E-state index contributed by atoms with van der Waals surface area (Å²) in [5.74, 6) is 0.480. The number of benzene rings is 1. The van der Waals surface area contributed by atoms with Crippen LogP contribution in [-0.4, -0.2) is 28.3 Å². The molecule has 0 bridgehead atoms. The van der Waals surface area contributed by atoms with Crippen LogP contribution in [0.1, 0.15) is 24.4 Å². The van der Waals surface area contributed by atoms with Crippen molar-refractivity contribution < 1.29 is 13.5 Å². The number of nitrogens with one attached hydrogen (secondary N) is 1. The van der Waals surface area contributed by atoms with E-state index in [2.05, 4.69) is 14.9 Å². The predicted octanol–water partition coefficient (Wildman–Crippen LogP) is 1.00. The average molecular weight is 331 g/mol. The molecule has 0 saturated heterocycles. The molecule has 0 aliphatic rings. The smallest absolute Gasteiger partial charge is 0.242 e. The van der Waals surface area contributed by atoms with Crippen LogP contribution in [0.15, 0.2) is 29.4 Å². The van der Waals surface area contributed by atoms with Gasteiger partial charge in [0.15, 0.2) is 0 Å². The van der Waals surface area contributed by atoms with Crippen molar-refractivity contribution in [2.24, 2.45) is 7.05 Å². The summed E-state index contributed by atoms with van der Waals surface area (Å²) in [5.41, 5.74) is 0.464. The molecule has 2 N–H and O–H groups in total. The Bertz CT molecular complexity index is 745. The van der Waals surface area contributed by atoms with Gasteiger partial charge in [0.05, 0.1) is 17.7 Å². The largest absolute Gasteiger partial charge is 0.392 e. The van der Waals surface area contributed by atoms with Crippen LogP contribution in [0.4, 0.5) is 0 Å². The topological polar surface area (TPSA) is 97.1 Å². The molecule has 1 atom stereocenters. The molecule has 0 amide bonds. The van der Waals surface area contributed by atoms with E-state index >= 15 is 0 Å². The number of aliphatic hydroxyl groups is 1. The summed E-state index contributed by atoms with van der Waals surface area (Å²) >= 11 is 5.94. The van der Waals surface area contributed by atoms with E-state index in [9.17, 15) is 8.42 Å². The molecule has 0 aliphatic carbocycles. The molecule has 0 fully saturated rings. The molecule has 21 heavy (non-hydrogen) atoms. The van der Waals surface area contributed by atoms with Gasteiger partial charge in [-0.15, -0.1) is 10.2 Å². The molecule has 2 rings (SSSR count). The van der Waals surface area contributed by atoms with Crippen molar-refractivity contribution in [1.82, 2.24) is 19.5 Å². The molecule has 114 valence electrons. The Morgan fingerprint density at radius 1 is 1.48 bits per heavy atom. The van der Waals surface area contributed by atoms with Crippen molar-refractivity contribution in [3.63, 3.8) is 0 Å². The number of sulfonamides is 1. The van der Waals surface area contributed by atoms with E-state index in [4.69, 9.17) is 16.7 Å². The Balaban J connectivity index is 2.33. The monoisotopic (exact) mass is 330 g/mol. The molecule has 0 spiro atoms. The summed E-state index contributed by atoms with van der Waals surface area (Å²) in [4.78, 5) is -0.0789. The first kappa shape index (κ1) is 15.9. The van der Waals surface area contributed by atoms with Gasteiger partial charge in [-0.1, -0.05) is 17.7 Å². The van der Waals surface area contributed by atoms with Crippen LogP contribution in [0.3, 0.4) is 0 Å². The van der Waals surface area contributed by atoms with Crippen molar-refractivity contribution in [2.45, 2.75) is 24.5 Å². The Kier molecular flexibility index (Phi) is 4.62. The SMILES string of the molecule is CC(NS(=O)(=O)c1cc(CO)ccc1Cl)c1nncn1C. The number of aryl methyl sites for hydroxylation is 1. The van der Waals surface area contributed by atoms with Gasteiger partial charge < -0.3 is 9.67 Å². The van der Waals surface area contributed by atoms with Gasteiger partial charge >= 0.3 is 0 Å². The maximum Gasteiger partial charge on any atom is 0.242 e. The predicted molar refractivity (Wildman–Crippen MR) is 77.1 cm³/mol. The molecular formula is C12H15ClN4O3S. The van der Waals surface area contributed by atoms with Gasteiger partial charge in [0, 0.05) is 7.05 Å². The molecule has 0 radical (unpaired) electrons. The van der Waals surface area contributed by atoms with E-state index in [1.165, 1.54) is 18.5 Å². The first-order chi connectivity index (χ1) is 9.85. The van der Waals surface area contributed by atoms with E-state index in [-0.39, 0.29) is 16.5 Å². The van der Waals surface area contributed by atoms with Gasteiger partial charge in [0.2, 0.25) is 10.0 Å². The van der Waals surface area contributed by atoms with Gasteiger partial charge in [-0.3, -0.25) is 0 Å². The third-order valence-corrected chi connectivity index (χ3v) is 4.96. The molecule has 0 aliphatic heterocycles. The van der Waals surface area contributed by atoms with Gasteiger partial charge in [-0.05, 0) is 24.6 Å². The number of aromatic nitrogens is 3. The zero-order valence-corrected chi connectivity index (χ0v) is 13.1. The van der Waals surface area contributed by atoms with Crippen molar-refractivity contribution in [3.05, 3.63) is 40.9 Å². The third-order valence-electron chi connectivity index (χ3n) is 2.93. The molecule has 0 saturated carbocycles. The standard InChI is InChI=1S/C12H15ClN4O3S/c1-8(12-15-14-7-17(12)2)16-21(19,20)11-5-9(6-18)3-4-10(11)13/h3-5,7-8,16,18H,6H2,1-2H3. The maximum atomic E-state index is 12.4. The van der Waals surface area contributed by atoms with Gasteiger partial charge in [0.1, 0.15) is 17.0 Å². The van der Waals surface area contributed by atoms with Crippen LogP contribution in [0.5, 0.6) is 0 Å². The third kappa shape index (κ3) is 3.41. The second-order valence-corrected chi connectivity index (χ2v) is 6.66. The number of halogens is 1. The highest BCUT2D eigenvalue weighted by Gasteiger charge is 2.23. The van der Waals surface area contributed by atoms with Gasteiger partial charge in [-0.2, -0.15) is 0 Å². The van der Waals surface area contributed by atoms with Crippen LogP contribution < -0.4 is 4.72 Å². The van der Waals surface area contributed by atoms with E-state index in [1.807, 2.05) is 0 Å². The maximum absolute atomic E-state index is 12.4. The lowest BCUT2D eigenvalue weighted by atomic mass is 10.2. The minimum absolute atomic E-state index is 0.0789. The minimum Gasteiger partial charge on any atom is -0.392 e. The fourth-order valence-corrected chi connectivity index (χ4v) is 3.64. The summed E-state index contributed by atoms with van der Waals surface area (Å²) in [6, 6.07) is 3.77. The number of nitrogens with zero attached hydrogens (tertiary/aromatic N) is 3. The second-order valence-electron chi connectivity index (χ2n) is 4.57. The summed E-state index contributed by atoms with van der Waals surface area (Å²) < 4.78 is 28.9. The van der Waals surface area contributed by atoms with Gasteiger partial charge in [0.25, 0.3) is 0 Å². The fourth-order valence-electron chi connectivity index (χ4n) is 1.89. The first-order valence-corrected chi connectivity index (χ1v) is 7.97. The molecule has 1 unspecified atom stereocenters. The Morgan fingerprint density at radius 3 is 2.76 bits per heavy atom. The first-order valence-electron chi connectivity index (χ1n) is 6.10. The lowest BCUT2D eigenvalue weighted by Gasteiger charge is -2.14. The molecule has 1 heterocycles. The van der Waals surface area contributed by atoms with Crippen LogP contribution >= 0.6 is 11.6 Å². The normalized spacial score (nSPS) is 13.3. The summed E-state index contributed by atoms with van der Waals surface area (Å²) in [6.45, 7) is 1.39. The van der Waals surface area contributed by atoms with E-state index in [0.717, 1.165) is 0 Å². The van der Waals surface area contributed by atoms with E-state index in [0.29, 0.717) is 11.4 Å². The van der Waals surface area contributed by atoms with Crippen molar-refractivity contribution in [2.75, 3.05) is 0 Å². The molecular weight excluding hydrogens is 316 g/mol. The zero-order chi connectivity index (χ0) is 15.6. The summed E-state index contributed by atoms with van der Waals surface area (Å²) in [5, 5.41) is 16.8. The quantitative estimate of drug-likeness (QED) is 0.852.